The molecule has 2 aromatic rings. The van der Waals surface area contributed by atoms with Gasteiger partial charge in [-0.15, -0.1) is 0 Å². The van der Waals surface area contributed by atoms with Crippen LogP contribution in [-0.4, -0.2) is 101 Å². The van der Waals surface area contributed by atoms with Crippen LogP contribution < -0.4 is 11.1 Å². The Hall–Kier alpha value is -0.953. The van der Waals surface area contributed by atoms with Crippen LogP contribution in [0.15, 0.2) is 12.7 Å². The molecule has 8 N–H and O–H groups in total. The molecule has 193 valence electrons. The number of imidazole rings is 1. The Labute approximate surface area is 212 Å². The molecule has 1 fully saturated rings. The monoisotopic (exact) mass is 533 g/mol. The molecule has 1 aliphatic heterocycles. The van der Waals surface area contributed by atoms with Gasteiger partial charge in [-0.05, 0) is 19.4 Å². The Morgan fingerprint density at radius 3 is 2.46 bits per heavy atom. The Balaban J connectivity index is 0.00000432. The van der Waals surface area contributed by atoms with Crippen LogP contribution in [0.4, 0.5) is 5.82 Å². The van der Waals surface area contributed by atoms with Crippen LogP contribution in [0.3, 0.4) is 0 Å². The number of nitrogens with one attached hydrogen (secondary N) is 1. The molecule has 0 saturated carbocycles. The quantitative estimate of drug-likeness (QED) is 0.0948. The fourth-order valence-electron chi connectivity index (χ4n) is 3.52. The van der Waals surface area contributed by atoms with Crippen molar-refractivity contribution in [3.63, 3.8) is 0 Å². The normalized spacial score (nSPS) is 22.9. The number of aliphatic hydroxyl groups excluding tert-OH is 1. The number of phosphoric ester groups is 2. The maximum Gasteiger partial charge on any atom is 0.470 e. The van der Waals surface area contributed by atoms with Crippen LogP contribution in [0, 0.1) is 0 Å². The Kier molecular flexibility index (Phi) is 11.3. The number of nitrogens with zero attached hydrogens (tertiary/aromatic N) is 4. The van der Waals surface area contributed by atoms with E-state index >= 15 is 0 Å². The first-order chi connectivity index (χ1) is 16.0. The summed E-state index contributed by atoms with van der Waals surface area (Å²) in [5.74, 6) is 0.426. The van der Waals surface area contributed by atoms with Gasteiger partial charge >= 0.3 is 15.6 Å². The summed E-state index contributed by atoms with van der Waals surface area (Å²) in [4.78, 5) is 49.0. The molecule has 4 atom stereocenters. The molecule has 0 unspecified atom stereocenters. The van der Waals surface area contributed by atoms with Crippen molar-refractivity contribution < 1.29 is 47.6 Å². The zero-order valence-electron chi connectivity index (χ0n) is 19.0. The molecule has 35 heavy (non-hydrogen) atoms. The van der Waals surface area contributed by atoms with Crippen LogP contribution >= 0.6 is 15.6 Å². The van der Waals surface area contributed by atoms with Gasteiger partial charge in [-0.3, -0.25) is 13.6 Å². The summed E-state index contributed by atoms with van der Waals surface area (Å²) in [6.07, 6.45) is 0.309. The standard InChI is InChI=1S/C16H28N6O10P2.Li/c17-5-3-1-2-4-6-18-14-11-15(20-8-19-14)22(9-21-11)16-13(32-34(27,28)29)12(23)10(31-16)7-30-33(24,25)26;/h8-10,12-13,16,23H,1-7,17H2,(H,18,19,20)(H2,24,25,26)(H2,27,28,29);/t10-,12-,13-,16-;/m1./s1. The Morgan fingerprint density at radius 2 is 1.80 bits per heavy atom. The Bertz CT molecular complexity index is 1050. The number of nitrogens with two attached hydrogens (primary N) is 1. The van der Waals surface area contributed by atoms with Crippen molar-refractivity contribution in [2.24, 2.45) is 5.73 Å². The molecule has 0 bridgehead atoms. The van der Waals surface area contributed by atoms with Gasteiger partial charge in [0.05, 0.1) is 12.9 Å². The van der Waals surface area contributed by atoms with E-state index in [4.69, 9.17) is 24.8 Å². The number of unbranched alkanes of at least 4 members (excludes halogenated alkanes) is 3. The predicted octanol–water partition coefficient (Wildman–Crippen LogP) is -0.778. The number of ether oxygens (including phenoxy) is 1. The smallest absolute Gasteiger partial charge is 0.387 e. The summed E-state index contributed by atoms with van der Waals surface area (Å²) in [6.45, 7) is 0.504. The molecule has 1 radical (unpaired) electrons. The van der Waals surface area contributed by atoms with Crippen molar-refractivity contribution in [1.29, 1.82) is 0 Å². The largest absolute Gasteiger partial charge is 0.470 e. The molecule has 3 rings (SSSR count). The zero-order valence-corrected chi connectivity index (χ0v) is 20.7. The van der Waals surface area contributed by atoms with E-state index in [-0.39, 0.29) is 24.5 Å². The van der Waals surface area contributed by atoms with E-state index in [1.54, 1.807) is 0 Å². The SMILES string of the molecule is NCCCCCCNc1ncnc2c1ncn2[C@@H]1O[C@H](COP(=O)(O)O)[C@@H](O)[C@H]1OP(=O)(O)O.[Li]. The molecule has 0 spiro atoms. The molecule has 2 aromatic heterocycles. The van der Waals surface area contributed by atoms with Crippen molar-refractivity contribution in [2.45, 2.75) is 50.2 Å². The third kappa shape index (κ3) is 8.55. The van der Waals surface area contributed by atoms with Crippen LogP contribution in [0.25, 0.3) is 11.2 Å². The van der Waals surface area contributed by atoms with Gasteiger partial charge in [-0.25, -0.2) is 24.1 Å². The van der Waals surface area contributed by atoms with Crippen molar-refractivity contribution in [3.8, 4) is 0 Å². The second kappa shape index (κ2) is 13.0. The third-order valence-electron chi connectivity index (χ3n) is 5.04. The van der Waals surface area contributed by atoms with E-state index in [0.717, 1.165) is 25.7 Å². The maximum atomic E-state index is 11.5. The number of anilines is 1. The van der Waals surface area contributed by atoms with Gasteiger partial charge in [-0.2, -0.15) is 0 Å². The number of aliphatic hydroxyl groups is 1. The molecule has 1 aliphatic rings. The summed E-state index contributed by atoms with van der Waals surface area (Å²) < 4.78 is 38.5. The van der Waals surface area contributed by atoms with Crippen molar-refractivity contribution in [3.05, 3.63) is 12.7 Å². The molecule has 0 amide bonds. The van der Waals surface area contributed by atoms with Crippen molar-refractivity contribution in [2.75, 3.05) is 25.0 Å². The van der Waals surface area contributed by atoms with Gasteiger partial charge in [0, 0.05) is 25.4 Å². The van der Waals surface area contributed by atoms with Crippen LogP contribution in [0.2, 0.25) is 0 Å². The molecule has 16 nitrogen and oxygen atoms in total. The molecular formula is C16H28LiN6O10P2. The van der Waals surface area contributed by atoms with Crippen LogP contribution in [0.5, 0.6) is 0 Å². The van der Waals surface area contributed by atoms with Crippen molar-refractivity contribution >= 4 is 51.5 Å². The fourth-order valence-corrected chi connectivity index (χ4v) is 4.41. The number of hydrogen-bond donors (Lipinski definition) is 7. The van der Waals surface area contributed by atoms with E-state index in [2.05, 4.69) is 24.8 Å². The van der Waals surface area contributed by atoms with E-state index in [9.17, 15) is 24.0 Å². The summed E-state index contributed by atoms with van der Waals surface area (Å²) >= 11 is 0. The molecular weight excluding hydrogens is 505 g/mol. The van der Waals surface area contributed by atoms with Gasteiger partial charge in [-0.1, -0.05) is 12.8 Å². The minimum atomic E-state index is -5.09. The van der Waals surface area contributed by atoms with E-state index in [1.807, 2.05) is 0 Å². The average Bonchev–Trinajstić information content (AvgIpc) is 3.29. The number of hydrogen-bond acceptors (Lipinski definition) is 11. The molecule has 0 aliphatic carbocycles. The van der Waals surface area contributed by atoms with E-state index < -0.39 is 46.8 Å². The van der Waals surface area contributed by atoms with Gasteiger partial charge < -0.3 is 40.5 Å². The van der Waals surface area contributed by atoms with Gasteiger partial charge in [0.25, 0.3) is 0 Å². The summed E-state index contributed by atoms with van der Waals surface area (Å²) in [7, 11) is -9.98. The summed E-state index contributed by atoms with van der Waals surface area (Å²) in [6, 6.07) is 0. The first-order valence-electron chi connectivity index (χ1n) is 10.4. The number of aromatic nitrogens is 4. The second-order valence-corrected chi connectivity index (χ2v) is 10.0. The van der Waals surface area contributed by atoms with Gasteiger partial charge in [0.2, 0.25) is 0 Å². The maximum absolute atomic E-state index is 11.5. The third-order valence-corrected chi connectivity index (χ3v) is 6.04. The van der Waals surface area contributed by atoms with Crippen LogP contribution in [-0.2, 0) is 22.9 Å². The van der Waals surface area contributed by atoms with Gasteiger partial charge in [0.1, 0.15) is 24.6 Å². The predicted molar refractivity (Wildman–Crippen MR) is 122 cm³/mol. The summed E-state index contributed by atoms with van der Waals surface area (Å²) in [5.41, 5.74) is 6.04. The number of phosphoric acid groups is 2. The number of rotatable bonds is 13. The molecule has 19 heteroatoms. The first-order valence-corrected chi connectivity index (χ1v) is 13.5. The van der Waals surface area contributed by atoms with Gasteiger partial charge in [0.15, 0.2) is 23.2 Å². The van der Waals surface area contributed by atoms with E-state index in [0.29, 0.717) is 24.4 Å². The molecule has 3 heterocycles. The van der Waals surface area contributed by atoms with Crippen molar-refractivity contribution in [1.82, 2.24) is 19.5 Å². The zero-order chi connectivity index (χ0) is 24.9. The average molecular weight is 533 g/mol. The minimum absolute atomic E-state index is 0. The van der Waals surface area contributed by atoms with Crippen LogP contribution in [0.1, 0.15) is 31.9 Å². The Morgan fingerprint density at radius 1 is 1.09 bits per heavy atom. The molecule has 1 saturated heterocycles. The fraction of sp³-hybridized carbons (Fsp3) is 0.688. The second-order valence-electron chi connectivity index (χ2n) is 7.58. The topological polar surface area (TPSA) is 245 Å². The summed E-state index contributed by atoms with van der Waals surface area (Å²) in [5, 5.41) is 13.7. The minimum Gasteiger partial charge on any atom is -0.387 e. The number of fused-ring (bicyclic) bond motifs is 1. The van der Waals surface area contributed by atoms with E-state index in [1.165, 1.54) is 17.2 Å². The molecule has 0 aromatic carbocycles. The first kappa shape index (κ1) is 30.3.